The summed E-state index contributed by atoms with van der Waals surface area (Å²) in [7, 11) is -3.60. The van der Waals surface area contributed by atoms with E-state index >= 15 is 0 Å². The van der Waals surface area contributed by atoms with E-state index in [1.54, 1.807) is 13.0 Å². The lowest BCUT2D eigenvalue weighted by Gasteiger charge is -2.24. The minimum atomic E-state index is -3.60. The highest BCUT2D eigenvalue weighted by molar-refractivity contribution is 7.94. The topological polar surface area (TPSA) is 102 Å². The summed E-state index contributed by atoms with van der Waals surface area (Å²) in [6.45, 7) is 4.23. The summed E-state index contributed by atoms with van der Waals surface area (Å²) in [6.07, 6.45) is 0.258. The molecular formula is C20H24N2O5S. The lowest BCUT2D eigenvalue weighted by Crippen LogP contribution is -2.56. The fraction of sp³-hybridized carbons (Fsp3) is 0.400. The van der Waals surface area contributed by atoms with Crippen LogP contribution >= 0.6 is 0 Å². The van der Waals surface area contributed by atoms with Crippen molar-refractivity contribution in [2.45, 2.75) is 49.7 Å². The largest absolute Gasteiger partial charge is 0.481 e. The molecule has 2 aromatic rings. The molecule has 1 saturated carbocycles. The average Bonchev–Trinajstić information content (AvgIpc) is 3.51. The molecule has 0 saturated heterocycles. The van der Waals surface area contributed by atoms with Gasteiger partial charge in [0.25, 0.3) is 11.8 Å². The zero-order valence-electron chi connectivity index (χ0n) is 16.1. The van der Waals surface area contributed by atoms with Crippen LogP contribution in [0.25, 0.3) is 10.8 Å². The second-order valence-corrected chi connectivity index (χ2v) is 10.2. The van der Waals surface area contributed by atoms with Crippen LogP contribution in [0.4, 0.5) is 0 Å². The molecule has 0 bridgehead atoms. The van der Waals surface area contributed by atoms with Gasteiger partial charge in [0.2, 0.25) is 0 Å². The van der Waals surface area contributed by atoms with Gasteiger partial charge in [-0.25, -0.2) is 8.42 Å². The first-order valence-corrected chi connectivity index (χ1v) is 10.7. The molecule has 0 spiro atoms. The van der Waals surface area contributed by atoms with Crippen LogP contribution in [-0.4, -0.2) is 36.3 Å². The van der Waals surface area contributed by atoms with E-state index in [1.165, 1.54) is 13.8 Å². The fourth-order valence-electron chi connectivity index (χ4n) is 2.79. The molecule has 0 heterocycles. The second-order valence-electron chi connectivity index (χ2n) is 7.47. The Hall–Kier alpha value is -2.61. The number of hydrogen-bond acceptors (Lipinski definition) is 5. The first kappa shape index (κ1) is 20.1. The number of hydrogen-bond donors (Lipinski definition) is 2. The van der Waals surface area contributed by atoms with Crippen LogP contribution in [0.2, 0.25) is 0 Å². The highest BCUT2D eigenvalue weighted by Crippen LogP contribution is 2.36. The number of carbonyl (C=O) groups excluding carboxylic acids is 2. The van der Waals surface area contributed by atoms with E-state index in [2.05, 4.69) is 10.9 Å². The third-order valence-corrected chi connectivity index (χ3v) is 7.88. The number of rotatable bonds is 6. The average molecular weight is 404 g/mol. The van der Waals surface area contributed by atoms with Crippen molar-refractivity contribution in [1.29, 1.82) is 0 Å². The van der Waals surface area contributed by atoms with Crippen LogP contribution in [0.1, 0.15) is 33.6 Å². The molecule has 1 aliphatic rings. The van der Waals surface area contributed by atoms with E-state index in [9.17, 15) is 18.0 Å². The first-order chi connectivity index (χ1) is 13.1. The summed E-state index contributed by atoms with van der Waals surface area (Å²) in [4.78, 5) is 24.6. The Morgan fingerprint density at radius 2 is 1.71 bits per heavy atom. The molecular weight excluding hydrogens is 380 g/mol. The molecule has 0 radical (unpaired) electrons. The van der Waals surface area contributed by atoms with Gasteiger partial charge in [-0.15, -0.1) is 0 Å². The van der Waals surface area contributed by atoms with Crippen molar-refractivity contribution in [1.82, 2.24) is 10.9 Å². The number of amides is 2. The normalized spacial score (nSPS) is 15.7. The molecule has 7 nitrogen and oxygen atoms in total. The van der Waals surface area contributed by atoms with Crippen molar-refractivity contribution in [2.75, 3.05) is 0 Å². The number of sulfone groups is 1. The number of ether oxygens (including phenoxy) is 1. The van der Waals surface area contributed by atoms with Gasteiger partial charge in [-0.3, -0.25) is 20.4 Å². The Labute approximate surface area is 164 Å². The molecule has 1 atom stereocenters. The summed E-state index contributed by atoms with van der Waals surface area (Å²) in [5.74, 6) is -0.837. The molecule has 8 heteroatoms. The van der Waals surface area contributed by atoms with Crippen LogP contribution in [0.5, 0.6) is 5.75 Å². The number of hydrazine groups is 1. The number of carbonyl (C=O) groups is 2. The first-order valence-electron chi connectivity index (χ1n) is 9.12. The molecule has 1 fully saturated rings. The molecule has 2 aromatic carbocycles. The van der Waals surface area contributed by atoms with Crippen molar-refractivity contribution in [2.24, 2.45) is 0 Å². The molecule has 3 rings (SSSR count). The van der Waals surface area contributed by atoms with Crippen LogP contribution in [0, 0.1) is 0 Å². The number of nitrogens with one attached hydrogen (secondary N) is 2. The van der Waals surface area contributed by atoms with Gasteiger partial charge in [-0.2, -0.15) is 0 Å². The predicted octanol–water partition coefficient (Wildman–Crippen LogP) is 2.11. The van der Waals surface area contributed by atoms with E-state index in [0.29, 0.717) is 18.6 Å². The van der Waals surface area contributed by atoms with Crippen molar-refractivity contribution >= 4 is 32.4 Å². The summed E-state index contributed by atoms with van der Waals surface area (Å²) < 4.78 is 28.8. The van der Waals surface area contributed by atoms with Gasteiger partial charge < -0.3 is 4.74 Å². The fourth-order valence-corrected chi connectivity index (χ4v) is 4.69. The molecule has 1 aliphatic carbocycles. The van der Waals surface area contributed by atoms with E-state index in [1.807, 2.05) is 36.4 Å². The minimum Gasteiger partial charge on any atom is -0.481 e. The minimum absolute atomic E-state index is 0.473. The lowest BCUT2D eigenvalue weighted by molar-refractivity contribution is -0.133. The Balaban J connectivity index is 1.58. The van der Waals surface area contributed by atoms with Gasteiger partial charge in [0.15, 0.2) is 15.9 Å². The quantitative estimate of drug-likeness (QED) is 0.718. The number of fused-ring (bicyclic) bond motifs is 1. The monoisotopic (exact) mass is 404 g/mol. The predicted molar refractivity (Wildman–Crippen MR) is 106 cm³/mol. The van der Waals surface area contributed by atoms with E-state index < -0.39 is 37.8 Å². The zero-order valence-corrected chi connectivity index (χ0v) is 16.9. The Morgan fingerprint density at radius 1 is 1.07 bits per heavy atom. The third kappa shape index (κ3) is 3.96. The van der Waals surface area contributed by atoms with Gasteiger partial charge in [0, 0.05) is 0 Å². The molecule has 150 valence electrons. The Morgan fingerprint density at radius 3 is 2.36 bits per heavy atom. The van der Waals surface area contributed by atoms with Crippen molar-refractivity contribution < 1.29 is 22.7 Å². The molecule has 0 aliphatic heterocycles. The van der Waals surface area contributed by atoms with Crippen LogP contribution in [0.3, 0.4) is 0 Å². The standard InChI is InChI=1S/C20H24N2O5S/c1-13(27-16-9-8-14-6-4-5-7-15(14)12-16)18(23)21-22-19(24)20(2,3)28(25,26)17-10-11-17/h4-9,12-13,17H,10-11H2,1-3H3,(H,21,23)(H,22,24)/t13-/m1/s1. The maximum absolute atomic E-state index is 12.4. The molecule has 2 N–H and O–H groups in total. The van der Waals surface area contributed by atoms with Crippen LogP contribution in [0.15, 0.2) is 42.5 Å². The summed E-state index contributed by atoms with van der Waals surface area (Å²) in [5, 5.41) is 1.56. The maximum Gasteiger partial charge on any atom is 0.279 e. The summed E-state index contributed by atoms with van der Waals surface area (Å²) >= 11 is 0. The molecule has 0 unspecified atom stereocenters. The van der Waals surface area contributed by atoms with Gasteiger partial charge in [0.1, 0.15) is 10.5 Å². The number of benzene rings is 2. The van der Waals surface area contributed by atoms with E-state index in [0.717, 1.165) is 10.8 Å². The van der Waals surface area contributed by atoms with Crippen molar-refractivity contribution in [3.63, 3.8) is 0 Å². The van der Waals surface area contributed by atoms with E-state index in [4.69, 9.17) is 4.74 Å². The third-order valence-electron chi connectivity index (χ3n) is 4.92. The van der Waals surface area contributed by atoms with Gasteiger partial charge in [-0.1, -0.05) is 30.3 Å². The van der Waals surface area contributed by atoms with E-state index in [-0.39, 0.29) is 0 Å². The SMILES string of the molecule is C[C@@H](Oc1ccc2ccccc2c1)C(=O)NNC(=O)C(C)(C)S(=O)(=O)C1CC1. The highest BCUT2D eigenvalue weighted by Gasteiger charge is 2.50. The zero-order chi connectivity index (χ0) is 20.5. The molecule has 0 aromatic heterocycles. The maximum atomic E-state index is 12.4. The Kier molecular flexibility index (Phi) is 5.34. The molecule has 2 amide bonds. The lowest BCUT2D eigenvalue weighted by atomic mass is 10.1. The van der Waals surface area contributed by atoms with Gasteiger partial charge in [-0.05, 0) is 56.5 Å². The molecule has 28 heavy (non-hydrogen) atoms. The van der Waals surface area contributed by atoms with Crippen molar-refractivity contribution in [3.8, 4) is 5.75 Å². The van der Waals surface area contributed by atoms with Crippen molar-refractivity contribution in [3.05, 3.63) is 42.5 Å². The van der Waals surface area contributed by atoms with Gasteiger partial charge in [0.05, 0.1) is 5.25 Å². The van der Waals surface area contributed by atoms with Crippen LogP contribution in [-0.2, 0) is 19.4 Å². The summed E-state index contributed by atoms with van der Waals surface area (Å²) in [5.41, 5.74) is 4.46. The smallest absolute Gasteiger partial charge is 0.279 e. The van der Waals surface area contributed by atoms with Gasteiger partial charge >= 0.3 is 0 Å². The highest BCUT2D eigenvalue weighted by atomic mass is 32.2. The van der Waals surface area contributed by atoms with Crippen LogP contribution < -0.4 is 15.6 Å². The Bertz CT molecular complexity index is 1010. The second kappa shape index (κ2) is 7.43. The summed E-state index contributed by atoms with van der Waals surface area (Å²) in [6, 6.07) is 13.2.